The topological polar surface area (TPSA) is 80.0 Å². The number of rotatable bonds is 5. The Morgan fingerprint density at radius 1 is 1.50 bits per heavy atom. The Balaban J connectivity index is 2.19. The zero-order valence-electron chi connectivity index (χ0n) is 10.9. The van der Waals surface area contributed by atoms with Gasteiger partial charge in [0.2, 0.25) is 0 Å². The maximum absolute atomic E-state index is 12.3. The van der Waals surface area contributed by atoms with Crippen LogP contribution in [0.5, 0.6) is 0 Å². The molecule has 2 rings (SSSR count). The molecule has 4 N–H and O–H groups in total. The van der Waals surface area contributed by atoms with E-state index < -0.39 is 0 Å². The van der Waals surface area contributed by atoms with Crippen molar-refractivity contribution in [3.8, 4) is 0 Å². The second-order valence-electron chi connectivity index (χ2n) is 4.12. The van der Waals surface area contributed by atoms with Gasteiger partial charge in [0.15, 0.2) is 0 Å². The molecule has 0 aromatic carbocycles. The fourth-order valence-corrected chi connectivity index (χ4v) is 2.82. The first kappa shape index (κ1) is 14.8. The summed E-state index contributed by atoms with van der Waals surface area (Å²) in [5.74, 6) is 5.37. The summed E-state index contributed by atoms with van der Waals surface area (Å²) in [5, 5.41) is 5.21. The lowest BCUT2D eigenvalue weighted by Crippen LogP contribution is -2.29. The van der Waals surface area contributed by atoms with Gasteiger partial charge in [-0.15, -0.1) is 11.3 Å². The zero-order chi connectivity index (χ0) is 14.5. The molecular weight excluding hydrogens is 296 g/mol. The number of amides is 1. The first-order chi connectivity index (χ1) is 9.65. The third-order valence-electron chi connectivity index (χ3n) is 2.81. The van der Waals surface area contributed by atoms with E-state index in [0.717, 1.165) is 11.3 Å². The summed E-state index contributed by atoms with van der Waals surface area (Å²) >= 11 is 7.61. The van der Waals surface area contributed by atoms with Crippen molar-refractivity contribution in [3.63, 3.8) is 0 Å². The van der Waals surface area contributed by atoms with E-state index in [0.29, 0.717) is 10.8 Å². The minimum absolute atomic E-state index is 0.0464. The molecule has 0 spiro atoms. The number of anilines is 1. The third-order valence-corrected chi connectivity index (χ3v) is 4.10. The van der Waals surface area contributed by atoms with E-state index in [-0.39, 0.29) is 17.6 Å². The highest BCUT2D eigenvalue weighted by molar-refractivity contribution is 7.10. The van der Waals surface area contributed by atoms with Crippen LogP contribution < -0.4 is 16.6 Å². The normalized spacial score (nSPS) is 11.9. The number of carbonyl (C=O) groups excluding carboxylic acids is 1. The van der Waals surface area contributed by atoms with Gasteiger partial charge in [0.25, 0.3) is 5.91 Å². The van der Waals surface area contributed by atoms with E-state index in [1.165, 1.54) is 0 Å². The number of hydrogen-bond donors (Lipinski definition) is 3. The van der Waals surface area contributed by atoms with E-state index >= 15 is 0 Å². The Kier molecular flexibility index (Phi) is 4.94. The molecule has 0 aliphatic heterocycles. The summed E-state index contributed by atoms with van der Waals surface area (Å²) < 4.78 is 0. The summed E-state index contributed by atoms with van der Waals surface area (Å²) in [6, 6.07) is 7.10. The first-order valence-corrected chi connectivity index (χ1v) is 7.39. The Morgan fingerprint density at radius 2 is 2.30 bits per heavy atom. The largest absolute Gasteiger partial charge is 0.343 e. The summed E-state index contributed by atoms with van der Waals surface area (Å²) in [7, 11) is 0. The van der Waals surface area contributed by atoms with Crippen LogP contribution in [0.15, 0.2) is 29.6 Å². The average molecular weight is 311 g/mol. The van der Waals surface area contributed by atoms with E-state index in [9.17, 15) is 4.79 Å². The van der Waals surface area contributed by atoms with Crippen LogP contribution in [-0.4, -0.2) is 10.9 Å². The molecule has 20 heavy (non-hydrogen) atoms. The van der Waals surface area contributed by atoms with Gasteiger partial charge < -0.3 is 10.7 Å². The molecule has 0 aliphatic rings. The molecule has 0 saturated heterocycles. The van der Waals surface area contributed by atoms with E-state index in [2.05, 4.69) is 15.7 Å². The maximum Gasteiger partial charge on any atom is 0.272 e. The van der Waals surface area contributed by atoms with Gasteiger partial charge in [-0.1, -0.05) is 24.6 Å². The van der Waals surface area contributed by atoms with Crippen LogP contribution in [0.25, 0.3) is 0 Å². The molecule has 0 saturated carbocycles. The van der Waals surface area contributed by atoms with Crippen molar-refractivity contribution in [2.24, 2.45) is 5.84 Å². The molecule has 1 atom stereocenters. The van der Waals surface area contributed by atoms with Crippen molar-refractivity contribution >= 4 is 34.7 Å². The van der Waals surface area contributed by atoms with Crippen LogP contribution in [0.4, 0.5) is 5.82 Å². The Morgan fingerprint density at radius 3 is 2.90 bits per heavy atom. The molecule has 0 fully saturated rings. The van der Waals surface area contributed by atoms with E-state index in [1.54, 1.807) is 23.5 Å². The van der Waals surface area contributed by atoms with Gasteiger partial charge in [0.1, 0.15) is 11.5 Å². The van der Waals surface area contributed by atoms with Crippen LogP contribution in [0.1, 0.15) is 34.8 Å². The molecule has 2 aromatic rings. The Hall–Kier alpha value is -1.63. The lowest BCUT2D eigenvalue weighted by molar-refractivity contribution is 0.0931. The minimum atomic E-state index is -0.313. The fraction of sp³-hybridized carbons (Fsp3) is 0.231. The first-order valence-electron chi connectivity index (χ1n) is 6.13. The van der Waals surface area contributed by atoms with Gasteiger partial charge in [-0.3, -0.25) is 4.79 Å². The second kappa shape index (κ2) is 6.69. The molecule has 7 heteroatoms. The predicted molar refractivity (Wildman–Crippen MR) is 81.9 cm³/mol. The number of hydrazine groups is 1. The monoisotopic (exact) mass is 310 g/mol. The van der Waals surface area contributed by atoms with Crippen molar-refractivity contribution < 1.29 is 4.79 Å². The number of aromatic nitrogens is 1. The number of halogens is 1. The quantitative estimate of drug-likeness (QED) is 0.586. The number of pyridine rings is 1. The van der Waals surface area contributed by atoms with Crippen LogP contribution in [0.3, 0.4) is 0 Å². The highest BCUT2D eigenvalue weighted by Crippen LogP contribution is 2.23. The average Bonchev–Trinajstić information content (AvgIpc) is 2.99. The molecule has 5 nitrogen and oxygen atoms in total. The van der Waals surface area contributed by atoms with Crippen LogP contribution in [0.2, 0.25) is 5.02 Å². The molecule has 2 aromatic heterocycles. The predicted octanol–water partition coefficient (Wildman–Crippen LogP) is 2.96. The van der Waals surface area contributed by atoms with Crippen molar-refractivity contribution in [2.45, 2.75) is 19.4 Å². The van der Waals surface area contributed by atoms with Crippen LogP contribution in [0, 0.1) is 0 Å². The highest BCUT2D eigenvalue weighted by atomic mass is 35.5. The number of thiophene rings is 1. The number of carbonyl (C=O) groups is 1. The Labute approximate surface area is 126 Å². The van der Waals surface area contributed by atoms with Gasteiger partial charge in [-0.2, -0.15) is 0 Å². The molecule has 1 unspecified atom stereocenters. The standard InChI is InChI=1S/C13H15ClN4OS/c1-2-9(10-4-3-7-20-10)16-13(19)12-8(14)5-6-11(17-12)18-15/h3-7,9H,2,15H2,1H3,(H,16,19)(H,17,18). The van der Waals surface area contributed by atoms with E-state index in [1.807, 2.05) is 24.4 Å². The number of nitrogen functional groups attached to an aromatic ring is 1. The molecular formula is C13H15ClN4OS. The van der Waals surface area contributed by atoms with Crippen LogP contribution >= 0.6 is 22.9 Å². The molecule has 0 bridgehead atoms. The van der Waals surface area contributed by atoms with Gasteiger partial charge in [-0.25, -0.2) is 10.8 Å². The van der Waals surface area contributed by atoms with E-state index in [4.69, 9.17) is 17.4 Å². The van der Waals surface area contributed by atoms with Crippen molar-refractivity contribution in [3.05, 3.63) is 45.2 Å². The zero-order valence-corrected chi connectivity index (χ0v) is 12.5. The third kappa shape index (κ3) is 3.27. The van der Waals surface area contributed by atoms with Crippen LogP contribution in [-0.2, 0) is 0 Å². The molecule has 2 heterocycles. The van der Waals surface area contributed by atoms with Crippen molar-refractivity contribution in [1.29, 1.82) is 0 Å². The minimum Gasteiger partial charge on any atom is -0.343 e. The fourth-order valence-electron chi connectivity index (χ4n) is 1.77. The summed E-state index contributed by atoms with van der Waals surface area (Å²) in [5.41, 5.74) is 2.56. The van der Waals surface area contributed by atoms with Gasteiger partial charge in [-0.05, 0) is 30.0 Å². The maximum atomic E-state index is 12.3. The lowest BCUT2D eigenvalue weighted by atomic mass is 10.2. The highest BCUT2D eigenvalue weighted by Gasteiger charge is 2.18. The van der Waals surface area contributed by atoms with Crippen molar-refractivity contribution in [1.82, 2.24) is 10.3 Å². The SMILES string of the molecule is CCC(NC(=O)c1nc(NN)ccc1Cl)c1cccs1. The van der Waals surface area contributed by atoms with Gasteiger partial charge >= 0.3 is 0 Å². The Bertz CT molecular complexity index is 588. The molecule has 1 amide bonds. The number of nitrogens with one attached hydrogen (secondary N) is 2. The molecule has 0 aliphatic carbocycles. The van der Waals surface area contributed by atoms with Crippen molar-refractivity contribution in [2.75, 3.05) is 5.43 Å². The summed E-state index contributed by atoms with van der Waals surface area (Å²) in [6.45, 7) is 2.01. The summed E-state index contributed by atoms with van der Waals surface area (Å²) in [6.07, 6.45) is 0.790. The second-order valence-corrected chi connectivity index (χ2v) is 5.51. The summed E-state index contributed by atoms with van der Waals surface area (Å²) in [4.78, 5) is 17.5. The number of nitrogens with zero attached hydrogens (tertiary/aromatic N) is 1. The number of hydrogen-bond acceptors (Lipinski definition) is 5. The lowest BCUT2D eigenvalue weighted by Gasteiger charge is -2.16. The number of nitrogens with two attached hydrogens (primary N) is 1. The smallest absolute Gasteiger partial charge is 0.272 e. The van der Waals surface area contributed by atoms with Gasteiger partial charge in [0.05, 0.1) is 11.1 Å². The molecule has 0 radical (unpaired) electrons. The molecule has 106 valence electrons. The van der Waals surface area contributed by atoms with Gasteiger partial charge in [0, 0.05) is 4.88 Å².